The maximum absolute atomic E-state index is 12.7. The Morgan fingerprint density at radius 3 is 2.67 bits per heavy atom. The first-order chi connectivity index (χ1) is 16.2. The minimum Gasteiger partial charge on any atom is -0.491 e. The summed E-state index contributed by atoms with van der Waals surface area (Å²) in [7, 11) is 0. The number of nitrogens with one attached hydrogen (secondary N) is 1. The molecule has 2 atom stereocenters. The van der Waals surface area contributed by atoms with Gasteiger partial charge in [-0.3, -0.25) is 9.59 Å². The van der Waals surface area contributed by atoms with E-state index in [0.29, 0.717) is 44.4 Å². The largest absolute Gasteiger partial charge is 0.491 e. The number of benzene rings is 2. The molecule has 8 nitrogen and oxygen atoms in total. The van der Waals surface area contributed by atoms with Crippen LogP contribution in [0.1, 0.15) is 24.8 Å². The number of rotatable bonds is 7. The van der Waals surface area contributed by atoms with Gasteiger partial charge in [-0.1, -0.05) is 12.1 Å². The number of amides is 2. The molecule has 0 radical (unpaired) electrons. The number of hydrogen-bond donors (Lipinski definition) is 1. The van der Waals surface area contributed by atoms with Crippen LogP contribution in [0.25, 0.3) is 0 Å². The van der Waals surface area contributed by atoms with Gasteiger partial charge < -0.3 is 29.2 Å². The van der Waals surface area contributed by atoms with E-state index in [0.717, 1.165) is 36.4 Å². The molecule has 2 unspecified atom stereocenters. The SMILES string of the molecule is O=C(NCc1ccc(OCC2CCCO2)cc1)C1CC(=O)N(c2ccc3c(c2)OCCO3)C1. The molecule has 0 saturated carbocycles. The number of nitrogens with zero attached hydrogens (tertiary/aromatic N) is 1. The Labute approximate surface area is 192 Å². The second kappa shape index (κ2) is 9.70. The minimum absolute atomic E-state index is 0.0698. The molecule has 5 rings (SSSR count). The van der Waals surface area contributed by atoms with Crippen molar-refractivity contribution in [3.63, 3.8) is 0 Å². The molecule has 2 amide bonds. The van der Waals surface area contributed by atoms with E-state index in [2.05, 4.69) is 5.32 Å². The molecule has 2 saturated heterocycles. The number of carbonyl (C=O) groups is 2. The molecule has 0 aliphatic carbocycles. The van der Waals surface area contributed by atoms with Crippen LogP contribution in [0.5, 0.6) is 17.2 Å². The summed E-state index contributed by atoms with van der Waals surface area (Å²) < 4.78 is 22.5. The van der Waals surface area contributed by atoms with Crippen LogP contribution >= 0.6 is 0 Å². The molecule has 2 fully saturated rings. The molecular formula is C25H28N2O6. The zero-order chi connectivity index (χ0) is 22.6. The Hall–Kier alpha value is -3.26. The van der Waals surface area contributed by atoms with Crippen LogP contribution in [-0.2, 0) is 20.9 Å². The molecule has 0 bridgehead atoms. The summed E-state index contributed by atoms with van der Waals surface area (Å²) in [6, 6.07) is 13.1. The van der Waals surface area contributed by atoms with Crippen molar-refractivity contribution < 1.29 is 28.5 Å². The van der Waals surface area contributed by atoms with Crippen molar-refractivity contribution in [2.45, 2.75) is 31.9 Å². The predicted molar refractivity (Wildman–Crippen MR) is 121 cm³/mol. The fourth-order valence-electron chi connectivity index (χ4n) is 4.33. The van der Waals surface area contributed by atoms with Crippen LogP contribution in [-0.4, -0.2) is 50.9 Å². The van der Waals surface area contributed by atoms with Gasteiger partial charge in [-0.25, -0.2) is 0 Å². The van der Waals surface area contributed by atoms with Crippen LogP contribution in [0.4, 0.5) is 5.69 Å². The summed E-state index contributed by atoms with van der Waals surface area (Å²) in [5.74, 6) is 1.51. The van der Waals surface area contributed by atoms with Crippen molar-refractivity contribution in [3.05, 3.63) is 48.0 Å². The molecule has 3 heterocycles. The number of ether oxygens (including phenoxy) is 4. The molecule has 174 valence electrons. The molecule has 0 spiro atoms. The first-order valence-corrected chi connectivity index (χ1v) is 11.5. The number of anilines is 1. The molecule has 0 aromatic heterocycles. The standard InChI is InChI=1S/C25H28N2O6/c28-24-12-18(15-27(24)19-5-8-22-23(13-19)32-11-10-31-22)25(29)26-14-17-3-6-20(7-4-17)33-16-21-2-1-9-30-21/h3-8,13,18,21H,1-2,9-12,14-16H2,(H,26,29). The van der Waals surface area contributed by atoms with Gasteiger partial charge in [0.25, 0.3) is 0 Å². The van der Waals surface area contributed by atoms with Crippen molar-refractivity contribution >= 4 is 17.5 Å². The molecule has 2 aromatic carbocycles. The van der Waals surface area contributed by atoms with Crippen LogP contribution in [0.2, 0.25) is 0 Å². The third-order valence-corrected chi connectivity index (χ3v) is 6.18. The van der Waals surface area contributed by atoms with Crippen LogP contribution < -0.4 is 24.4 Å². The highest BCUT2D eigenvalue weighted by molar-refractivity contribution is 6.00. The van der Waals surface area contributed by atoms with Gasteiger partial charge in [0.05, 0.1) is 12.0 Å². The normalized spacial score (nSPS) is 21.8. The third-order valence-electron chi connectivity index (χ3n) is 6.18. The first kappa shape index (κ1) is 21.6. The van der Waals surface area contributed by atoms with Gasteiger partial charge in [0, 0.05) is 37.9 Å². The minimum atomic E-state index is -0.389. The Bertz CT molecular complexity index is 1000. The van der Waals surface area contributed by atoms with E-state index in [1.165, 1.54) is 0 Å². The van der Waals surface area contributed by atoms with E-state index in [-0.39, 0.29) is 30.3 Å². The first-order valence-electron chi connectivity index (χ1n) is 11.5. The lowest BCUT2D eigenvalue weighted by molar-refractivity contribution is -0.126. The van der Waals surface area contributed by atoms with Crippen LogP contribution in [0.15, 0.2) is 42.5 Å². The maximum atomic E-state index is 12.7. The Morgan fingerprint density at radius 1 is 1.06 bits per heavy atom. The number of carbonyl (C=O) groups excluding carboxylic acids is 2. The molecular weight excluding hydrogens is 424 g/mol. The van der Waals surface area contributed by atoms with Crippen LogP contribution in [0.3, 0.4) is 0 Å². The monoisotopic (exact) mass is 452 g/mol. The van der Waals surface area contributed by atoms with Crippen LogP contribution in [0, 0.1) is 5.92 Å². The summed E-state index contributed by atoms with van der Waals surface area (Å²) >= 11 is 0. The topological polar surface area (TPSA) is 86.3 Å². The maximum Gasteiger partial charge on any atom is 0.227 e. The Morgan fingerprint density at radius 2 is 1.88 bits per heavy atom. The van der Waals surface area contributed by atoms with Gasteiger partial charge in [0.15, 0.2) is 11.5 Å². The van der Waals surface area contributed by atoms with Crippen molar-refractivity contribution in [2.24, 2.45) is 5.92 Å². The summed E-state index contributed by atoms with van der Waals surface area (Å²) in [6.07, 6.45) is 2.50. The second-order valence-corrected chi connectivity index (χ2v) is 8.54. The molecule has 3 aliphatic heterocycles. The number of hydrogen-bond acceptors (Lipinski definition) is 6. The van der Waals surface area contributed by atoms with E-state index in [1.54, 1.807) is 17.0 Å². The lowest BCUT2D eigenvalue weighted by atomic mass is 10.1. The fraction of sp³-hybridized carbons (Fsp3) is 0.440. The fourth-order valence-corrected chi connectivity index (χ4v) is 4.33. The molecule has 33 heavy (non-hydrogen) atoms. The average Bonchev–Trinajstić information content (AvgIpc) is 3.51. The smallest absolute Gasteiger partial charge is 0.227 e. The second-order valence-electron chi connectivity index (χ2n) is 8.54. The van der Waals surface area contributed by atoms with Gasteiger partial charge in [0.1, 0.15) is 25.6 Å². The highest BCUT2D eigenvalue weighted by Gasteiger charge is 2.35. The predicted octanol–water partition coefficient (Wildman–Crippen LogP) is 2.68. The summed E-state index contributed by atoms with van der Waals surface area (Å²) in [4.78, 5) is 26.9. The van der Waals surface area contributed by atoms with Gasteiger partial charge in [-0.2, -0.15) is 0 Å². The van der Waals surface area contributed by atoms with Crippen molar-refractivity contribution in [2.75, 3.05) is 37.9 Å². The average molecular weight is 453 g/mol. The van der Waals surface area contributed by atoms with Crippen molar-refractivity contribution in [1.29, 1.82) is 0 Å². The Balaban J connectivity index is 1.12. The van der Waals surface area contributed by atoms with E-state index in [1.807, 2.05) is 30.3 Å². The van der Waals surface area contributed by atoms with E-state index < -0.39 is 0 Å². The van der Waals surface area contributed by atoms with Crippen molar-refractivity contribution in [1.82, 2.24) is 5.32 Å². The summed E-state index contributed by atoms with van der Waals surface area (Å²) in [5.41, 5.74) is 1.69. The molecule has 2 aromatic rings. The van der Waals surface area contributed by atoms with E-state index >= 15 is 0 Å². The van der Waals surface area contributed by atoms with Gasteiger partial charge in [-0.05, 0) is 42.7 Å². The molecule has 8 heteroatoms. The highest BCUT2D eigenvalue weighted by Crippen LogP contribution is 2.36. The lowest BCUT2D eigenvalue weighted by Gasteiger charge is -2.22. The Kier molecular flexibility index (Phi) is 6.35. The molecule has 3 aliphatic rings. The summed E-state index contributed by atoms with van der Waals surface area (Å²) in [6.45, 7) is 3.12. The highest BCUT2D eigenvalue weighted by atomic mass is 16.6. The van der Waals surface area contributed by atoms with Gasteiger partial charge in [0.2, 0.25) is 11.8 Å². The van der Waals surface area contributed by atoms with Gasteiger partial charge in [-0.15, -0.1) is 0 Å². The molecule has 1 N–H and O–H groups in total. The van der Waals surface area contributed by atoms with Gasteiger partial charge >= 0.3 is 0 Å². The summed E-state index contributed by atoms with van der Waals surface area (Å²) in [5, 5.41) is 2.96. The zero-order valence-corrected chi connectivity index (χ0v) is 18.5. The lowest BCUT2D eigenvalue weighted by Crippen LogP contribution is -2.32. The van der Waals surface area contributed by atoms with Crippen molar-refractivity contribution in [3.8, 4) is 17.2 Å². The zero-order valence-electron chi connectivity index (χ0n) is 18.5. The third kappa shape index (κ3) is 5.06. The van der Waals surface area contributed by atoms with E-state index in [4.69, 9.17) is 18.9 Å². The number of fused-ring (bicyclic) bond motifs is 1. The quantitative estimate of drug-likeness (QED) is 0.695. The van der Waals surface area contributed by atoms with E-state index in [9.17, 15) is 9.59 Å².